The van der Waals surface area contributed by atoms with Gasteiger partial charge < -0.3 is 9.84 Å². The first-order valence-electron chi connectivity index (χ1n) is 12.0. The van der Waals surface area contributed by atoms with Gasteiger partial charge in [-0.3, -0.25) is 14.5 Å². The number of aryl methyl sites for hydroxylation is 1. The first-order chi connectivity index (χ1) is 17.4. The summed E-state index contributed by atoms with van der Waals surface area (Å²) in [7, 11) is 0. The van der Waals surface area contributed by atoms with Crippen LogP contribution in [0.3, 0.4) is 0 Å². The number of anilines is 1. The first kappa shape index (κ1) is 26.8. The zero-order chi connectivity index (χ0) is 27.1. The molecule has 1 amide bonds. The highest BCUT2D eigenvalue weighted by Gasteiger charge is 2.47. The number of halogens is 2. The molecule has 1 heterocycles. The monoisotopic (exact) mass is 537 g/mol. The third-order valence-corrected chi connectivity index (χ3v) is 6.73. The Labute approximate surface area is 227 Å². The molecule has 0 aromatic heterocycles. The standard InChI is InChI=1S/C30H29Cl2NO4/c1-6-37-24-11-10-19(13-23(24)30(3,4)5)27(34)25-26(18-9-7-8-17(2)12-18)33(29(36)28(25)35)22-15-20(31)14-21(32)16-22/h7-16,26,34H,6H2,1-5H3/b27-25-. The number of carbonyl (C=O) groups is 2. The topological polar surface area (TPSA) is 66.8 Å². The molecule has 3 aromatic rings. The van der Waals surface area contributed by atoms with Gasteiger partial charge in [0.1, 0.15) is 11.5 Å². The van der Waals surface area contributed by atoms with Crippen LogP contribution in [0.4, 0.5) is 5.69 Å². The molecule has 4 rings (SSSR count). The van der Waals surface area contributed by atoms with Crippen molar-refractivity contribution in [3.8, 4) is 5.75 Å². The number of aliphatic hydroxyl groups is 1. The number of aliphatic hydroxyl groups excluding tert-OH is 1. The van der Waals surface area contributed by atoms with Gasteiger partial charge in [0.05, 0.1) is 18.2 Å². The molecule has 0 radical (unpaired) electrons. The number of ketones is 1. The second kappa shape index (κ2) is 10.2. The maximum atomic E-state index is 13.5. The highest BCUT2D eigenvalue weighted by molar-refractivity contribution is 6.52. The van der Waals surface area contributed by atoms with Crippen molar-refractivity contribution in [2.24, 2.45) is 0 Å². The lowest BCUT2D eigenvalue weighted by molar-refractivity contribution is -0.132. The van der Waals surface area contributed by atoms with E-state index in [2.05, 4.69) is 0 Å². The van der Waals surface area contributed by atoms with Gasteiger partial charge in [-0.15, -0.1) is 0 Å². The number of carbonyl (C=O) groups excluding carboxylic acids is 2. The summed E-state index contributed by atoms with van der Waals surface area (Å²) >= 11 is 12.5. The van der Waals surface area contributed by atoms with E-state index in [1.54, 1.807) is 30.3 Å². The number of Topliss-reactive ketones (excluding diaryl/α,β-unsaturated/α-hetero) is 1. The van der Waals surface area contributed by atoms with Gasteiger partial charge in [0.15, 0.2) is 0 Å². The van der Waals surface area contributed by atoms with Crippen LogP contribution in [-0.4, -0.2) is 23.4 Å². The predicted octanol–water partition coefficient (Wildman–Crippen LogP) is 7.62. The lowest BCUT2D eigenvalue weighted by Gasteiger charge is -2.26. The SMILES string of the molecule is CCOc1ccc(/C(O)=C2/C(=O)C(=O)N(c3cc(Cl)cc(Cl)c3)C2c2cccc(C)c2)cc1C(C)(C)C. The summed E-state index contributed by atoms with van der Waals surface area (Å²) in [6, 6.07) is 16.6. The van der Waals surface area contributed by atoms with Crippen molar-refractivity contribution >= 4 is 46.3 Å². The Morgan fingerprint density at radius 2 is 1.68 bits per heavy atom. The Morgan fingerprint density at radius 1 is 1.00 bits per heavy atom. The highest BCUT2D eigenvalue weighted by atomic mass is 35.5. The summed E-state index contributed by atoms with van der Waals surface area (Å²) in [5.74, 6) is -1.11. The first-order valence-corrected chi connectivity index (χ1v) is 12.8. The van der Waals surface area contributed by atoms with Gasteiger partial charge in [-0.2, -0.15) is 0 Å². The number of hydrogen-bond donors (Lipinski definition) is 1. The minimum absolute atomic E-state index is 0.00397. The van der Waals surface area contributed by atoms with E-state index >= 15 is 0 Å². The van der Waals surface area contributed by atoms with Crippen LogP contribution in [0.5, 0.6) is 5.75 Å². The van der Waals surface area contributed by atoms with Crippen molar-refractivity contribution < 1.29 is 19.4 Å². The number of rotatable bonds is 5. The Balaban J connectivity index is 1.97. The lowest BCUT2D eigenvalue weighted by atomic mass is 9.84. The van der Waals surface area contributed by atoms with Gasteiger partial charge in [0.2, 0.25) is 0 Å². The van der Waals surface area contributed by atoms with Crippen molar-refractivity contribution in [1.29, 1.82) is 0 Å². The zero-order valence-corrected chi connectivity index (χ0v) is 22.9. The molecular weight excluding hydrogens is 509 g/mol. The summed E-state index contributed by atoms with van der Waals surface area (Å²) in [5.41, 5.74) is 3.00. The van der Waals surface area contributed by atoms with Gasteiger partial charge in [0.25, 0.3) is 11.7 Å². The zero-order valence-electron chi connectivity index (χ0n) is 21.4. The number of amides is 1. The lowest BCUT2D eigenvalue weighted by Crippen LogP contribution is -2.29. The van der Waals surface area contributed by atoms with E-state index in [9.17, 15) is 14.7 Å². The molecule has 1 fully saturated rings. The Hall–Kier alpha value is -3.28. The minimum Gasteiger partial charge on any atom is -0.507 e. The second-order valence-electron chi connectivity index (χ2n) is 10.1. The molecule has 1 N–H and O–H groups in total. The highest BCUT2D eigenvalue weighted by Crippen LogP contribution is 2.44. The molecule has 5 nitrogen and oxygen atoms in total. The number of nitrogens with zero attached hydrogens (tertiary/aromatic N) is 1. The van der Waals surface area contributed by atoms with Crippen LogP contribution >= 0.6 is 23.2 Å². The van der Waals surface area contributed by atoms with E-state index in [1.165, 1.54) is 4.90 Å². The third kappa shape index (κ3) is 5.25. The fourth-order valence-corrected chi connectivity index (χ4v) is 5.15. The molecule has 1 aliphatic rings. The van der Waals surface area contributed by atoms with E-state index in [0.29, 0.717) is 39.2 Å². The molecule has 1 saturated heterocycles. The van der Waals surface area contributed by atoms with E-state index in [4.69, 9.17) is 27.9 Å². The molecule has 1 aliphatic heterocycles. The molecular formula is C30H29Cl2NO4. The van der Waals surface area contributed by atoms with Gasteiger partial charge in [0, 0.05) is 26.9 Å². The molecule has 1 unspecified atom stereocenters. The average molecular weight is 538 g/mol. The smallest absolute Gasteiger partial charge is 0.300 e. The van der Waals surface area contributed by atoms with Gasteiger partial charge in [-0.1, -0.05) is 73.8 Å². The van der Waals surface area contributed by atoms with E-state index < -0.39 is 17.7 Å². The quantitative estimate of drug-likeness (QED) is 0.206. The van der Waals surface area contributed by atoms with E-state index in [0.717, 1.165) is 11.1 Å². The number of hydrogen-bond acceptors (Lipinski definition) is 4. The van der Waals surface area contributed by atoms with Crippen molar-refractivity contribution in [3.63, 3.8) is 0 Å². The van der Waals surface area contributed by atoms with Gasteiger partial charge in [-0.05, 0) is 61.2 Å². The summed E-state index contributed by atoms with van der Waals surface area (Å²) in [6.07, 6.45) is 0. The van der Waals surface area contributed by atoms with Gasteiger partial charge >= 0.3 is 0 Å². The van der Waals surface area contributed by atoms with Crippen LogP contribution in [0.1, 0.15) is 56.0 Å². The van der Waals surface area contributed by atoms with Crippen LogP contribution in [0.15, 0.2) is 66.2 Å². The van der Waals surface area contributed by atoms with Crippen molar-refractivity contribution in [1.82, 2.24) is 0 Å². The molecule has 192 valence electrons. The number of ether oxygens (including phenoxy) is 1. The average Bonchev–Trinajstić information content (AvgIpc) is 3.08. The van der Waals surface area contributed by atoms with Crippen molar-refractivity contribution in [2.45, 2.75) is 46.1 Å². The molecule has 0 spiro atoms. The molecule has 37 heavy (non-hydrogen) atoms. The summed E-state index contributed by atoms with van der Waals surface area (Å²) in [5, 5.41) is 12.2. The molecule has 0 bridgehead atoms. The molecule has 0 saturated carbocycles. The van der Waals surface area contributed by atoms with Crippen LogP contribution in [0, 0.1) is 6.92 Å². The Kier molecular flexibility index (Phi) is 7.40. The fourth-order valence-electron chi connectivity index (χ4n) is 4.63. The van der Waals surface area contributed by atoms with Gasteiger partial charge in [-0.25, -0.2) is 0 Å². The molecule has 3 aromatic carbocycles. The van der Waals surface area contributed by atoms with E-state index in [1.807, 2.05) is 65.0 Å². The Bertz CT molecular complexity index is 1400. The summed E-state index contributed by atoms with van der Waals surface area (Å²) < 4.78 is 5.81. The van der Waals surface area contributed by atoms with Crippen molar-refractivity contribution in [2.75, 3.05) is 11.5 Å². The normalized spacial score (nSPS) is 17.4. The third-order valence-electron chi connectivity index (χ3n) is 6.29. The predicted molar refractivity (Wildman–Crippen MR) is 149 cm³/mol. The fraction of sp³-hybridized carbons (Fsp3) is 0.267. The maximum Gasteiger partial charge on any atom is 0.300 e. The maximum absolute atomic E-state index is 13.5. The van der Waals surface area contributed by atoms with Crippen LogP contribution in [-0.2, 0) is 15.0 Å². The Morgan fingerprint density at radius 3 is 2.27 bits per heavy atom. The molecule has 1 atom stereocenters. The molecule has 7 heteroatoms. The van der Waals surface area contributed by atoms with Crippen molar-refractivity contribution in [3.05, 3.63) is 98.5 Å². The largest absolute Gasteiger partial charge is 0.507 e. The molecule has 0 aliphatic carbocycles. The minimum atomic E-state index is -0.876. The number of benzene rings is 3. The van der Waals surface area contributed by atoms with Crippen LogP contribution in [0.25, 0.3) is 5.76 Å². The second-order valence-corrected chi connectivity index (χ2v) is 11.0. The van der Waals surface area contributed by atoms with Crippen LogP contribution < -0.4 is 9.64 Å². The van der Waals surface area contributed by atoms with Crippen LogP contribution in [0.2, 0.25) is 10.0 Å². The summed E-state index contributed by atoms with van der Waals surface area (Å²) in [6.45, 7) is 10.5. The van der Waals surface area contributed by atoms with E-state index in [-0.39, 0.29) is 16.7 Å². The summed E-state index contributed by atoms with van der Waals surface area (Å²) in [4.78, 5) is 28.3.